The number of furan rings is 1. The molecule has 24 heavy (non-hydrogen) atoms. The van der Waals surface area contributed by atoms with Gasteiger partial charge in [0.1, 0.15) is 29.2 Å². The minimum atomic E-state index is -0.332. The minimum absolute atomic E-state index is 0.0628. The number of nitrogens with zero attached hydrogens (tertiary/aromatic N) is 1. The number of fused-ring (bicyclic) bond motifs is 1. The molecule has 3 heterocycles. The summed E-state index contributed by atoms with van der Waals surface area (Å²) < 4.78 is 16.9. The second-order valence-electron chi connectivity index (χ2n) is 6.44. The van der Waals surface area contributed by atoms with Crippen molar-refractivity contribution in [3.8, 4) is 5.75 Å². The Morgan fingerprint density at radius 3 is 2.92 bits per heavy atom. The lowest BCUT2D eigenvalue weighted by molar-refractivity contribution is -0.154. The maximum atomic E-state index is 9.78. The van der Waals surface area contributed by atoms with Crippen molar-refractivity contribution in [3.05, 3.63) is 54.5 Å². The molecule has 1 N–H and O–H groups in total. The highest BCUT2D eigenvalue weighted by Gasteiger charge is 2.45. The molecule has 0 spiro atoms. The van der Waals surface area contributed by atoms with Crippen LogP contribution in [0.2, 0.25) is 0 Å². The molecule has 0 saturated carbocycles. The Kier molecular flexibility index (Phi) is 3.82. The third-order valence-electron chi connectivity index (χ3n) is 4.66. The van der Waals surface area contributed by atoms with Crippen LogP contribution in [-0.4, -0.2) is 48.0 Å². The zero-order valence-corrected chi connectivity index (χ0v) is 13.6. The van der Waals surface area contributed by atoms with Gasteiger partial charge in [0.25, 0.3) is 0 Å². The van der Waals surface area contributed by atoms with Gasteiger partial charge in [0, 0.05) is 11.6 Å². The number of benzene rings is 1. The van der Waals surface area contributed by atoms with E-state index in [9.17, 15) is 5.11 Å². The van der Waals surface area contributed by atoms with Crippen molar-refractivity contribution >= 4 is 11.0 Å². The zero-order chi connectivity index (χ0) is 16.6. The highest BCUT2D eigenvalue weighted by molar-refractivity contribution is 5.79. The molecule has 5 nitrogen and oxygen atoms in total. The van der Waals surface area contributed by atoms with E-state index in [2.05, 4.69) is 11.0 Å². The summed E-state index contributed by atoms with van der Waals surface area (Å²) in [7, 11) is 0. The molecule has 1 atom stereocenters. The normalized spacial score (nSPS) is 21.9. The summed E-state index contributed by atoms with van der Waals surface area (Å²) in [6, 6.07) is 7.91. The molecule has 2 aliphatic rings. The van der Waals surface area contributed by atoms with Crippen LogP contribution in [0.3, 0.4) is 0 Å². The number of ether oxygens (including phenoxy) is 2. The molecule has 4 rings (SSSR count). The lowest BCUT2D eigenvalue weighted by atomic mass is 9.93. The Balaban J connectivity index is 1.48. The predicted octanol–water partition coefficient (Wildman–Crippen LogP) is 2.64. The largest absolute Gasteiger partial charge is 0.491 e. The van der Waals surface area contributed by atoms with E-state index in [1.165, 1.54) is 0 Å². The minimum Gasteiger partial charge on any atom is -0.491 e. The van der Waals surface area contributed by atoms with Gasteiger partial charge in [0.2, 0.25) is 0 Å². The van der Waals surface area contributed by atoms with Gasteiger partial charge in [-0.25, -0.2) is 0 Å². The van der Waals surface area contributed by atoms with Gasteiger partial charge < -0.3 is 23.9 Å². The zero-order valence-electron chi connectivity index (χ0n) is 13.6. The highest BCUT2D eigenvalue weighted by atomic mass is 16.5. The average Bonchev–Trinajstić information content (AvgIpc) is 2.93. The van der Waals surface area contributed by atoms with E-state index in [-0.39, 0.29) is 18.2 Å². The summed E-state index contributed by atoms with van der Waals surface area (Å²) >= 11 is 0. The second kappa shape index (κ2) is 6.00. The number of rotatable bonds is 5. The van der Waals surface area contributed by atoms with Crippen molar-refractivity contribution in [2.45, 2.75) is 18.5 Å². The van der Waals surface area contributed by atoms with E-state index in [1.54, 1.807) is 0 Å². The van der Waals surface area contributed by atoms with Gasteiger partial charge in [-0.15, -0.1) is 0 Å². The highest BCUT2D eigenvalue weighted by Crippen LogP contribution is 2.30. The Bertz CT molecular complexity index is 782. The molecule has 2 aliphatic heterocycles. The molecule has 0 bridgehead atoms. The first-order valence-corrected chi connectivity index (χ1v) is 8.15. The molecule has 0 aliphatic carbocycles. The fourth-order valence-corrected chi connectivity index (χ4v) is 3.27. The molecule has 1 unspecified atom stereocenters. The van der Waals surface area contributed by atoms with Crippen molar-refractivity contribution in [1.29, 1.82) is 0 Å². The first kappa shape index (κ1) is 15.3. The molecule has 1 saturated heterocycles. The second-order valence-corrected chi connectivity index (χ2v) is 6.44. The maximum absolute atomic E-state index is 9.78. The van der Waals surface area contributed by atoms with E-state index in [4.69, 9.17) is 13.9 Å². The van der Waals surface area contributed by atoms with Gasteiger partial charge in [0.05, 0.1) is 25.9 Å². The van der Waals surface area contributed by atoms with Gasteiger partial charge in [-0.3, -0.25) is 0 Å². The van der Waals surface area contributed by atoms with Crippen LogP contribution in [0.4, 0.5) is 0 Å². The van der Waals surface area contributed by atoms with Crippen LogP contribution in [0.25, 0.3) is 11.0 Å². The number of allylic oxidation sites excluding steroid dienone is 2. The van der Waals surface area contributed by atoms with Crippen LogP contribution in [0.15, 0.2) is 53.1 Å². The smallest absolute Gasteiger partial charge is 0.134 e. The molecule has 0 amide bonds. The van der Waals surface area contributed by atoms with E-state index in [0.29, 0.717) is 19.8 Å². The molecule has 2 aromatic rings. The summed E-state index contributed by atoms with van der Waals surface area (Å²) in [5.41, 5.74) is 0.536. The average molecular weight is 327 g/mol. The quantitative estimate of drug-likeness (QED) is 0.915. The van der Waals surface area contributed by atoms with Crippen molar-refractivity contribution < 1.29 is 19.0 Å². The lowest BCUT2D eigenvalue weighted by Gasteiger charge is -2.51. The van der Waals surface area contributed by atoms with Gasteiger partial charge in [-0.1, -0.05) is 12.2 Å². The molecular weight excluding hydrogens is 306 g/mol. The van der Waals surface area contributed by atoms with Crippen LogP contribution >= 0.6 is 0 Å². The first-order valence-electron chi connectivity index (χ1n) is 8.15. The number of aliphatic hydroxyl groups excluding tert-OH is 1. The van der Waals surface area contributed by atoms with Crippen LogP contribution in [-0.2, 0) is 4.74 Å². The fraction of sp³-hybridized carbons (Fsp3) is 0.368. The van der Waals surface area contributed by atoms with E-state index < -0.39 is 0 Å². The number of aryl methyl sites for hydroxylation is 1. The van der Waals surface area contributed by atoms with Crippen molar-refractivity contribution in [2.75, 3.05) is 26.4 Å². The molecular formula is C19H21NO4. The molecule has 1 aromatic heterocycles. The van der Waals surface area contributed by atoms with Crippen molar-refractivity contribution in [1.82, 2.24) is 4.90 Å². The van der Waals surface area contributed by atoms with Crippen LogP contribution in [0.1, 0.15) is 5.76 Å². The van der Waals surface area contributed by atoms with Crippen LogP contribution in [0, 0.1) is 6.92 Å². The summed E-state index contributed by atoms with van der Waals surface area (Å²) in [4.78, 5) is 2.15. The van der Waals surface area contributed by atoms with Gasteiger partial charge in [0.15, 0.2) is 0 Å². The Morgan fingerprint density at radius 1 is 1.29 bits per heavy atom. The number of aliphatic hydroxyl groups is 1. The fourth-order valence-electron chi connectivity index (χ4n) is 3.27. The van der Waals surface area contributed by atoms with Crippen molar-refractivity contribution in [2.24, 2.45) is 0 Å². The molecule has 1 aromatic carbocycles. The summed E-state index contributed by atoms with van der Waals surface area (Å²) in [5, 5.41) is 10.8. The Morgan fingerprint density at radius 2 is 2.17 bits per heavy atom. The third-order valence-corrected chi connectivity index (χ3v) is 4.66. The standard InChI is InChI=1S/C19H21NO4/c1-14-8-15-9-17(5-6-18(15)24-14)23-10-16-4-2-3-7-20(16)19(11-21)12-22-13-19/h2-9,16,21H,10-13H2,1H3. The van der Waals surface area contributed by atoms with E-state index in [1.807, 2.05) is 49.5 Å². The number of hydrogen-bond donors (Lipinski definition) is 1. The summed E-state index contributed by atoms with van der Waals surface area (Å²) in [6.07, 6.45) is 8.09. The van der Waals surface area contributed by atoms with Crippen LogP contribution < -0.4 is 4.74 Å². The van der Waals surface area contributed by atoms with Gasteiger partial charge in [-0.2, -0.15) is 0 Å². The molecule has 126 valence electrons. The molecule has 0 radical (unpaired) electrons. The predicted molar refractivity (Wildman–Crippen MR) is 91.0 cm³/mol. The lowest BCUT2D eigenvalue weighted by Crippen LogP contribution is -2.66. The van der Waals surface area contributed by atoms with Crippen molar-refractivity contribution in [3.63, 3.8) is 0 Å². The Hall–Kier alpha value is -2.24. The third kappa shape index (κ3) is 2.60. The molecule has 5 heteroatoms. The SMILES string of the molecule is Cc1cc2cc(OCC3C=CC=CN3C3(CO)COC3)ccc2o1. The summed E-state index contributed by atoms with van der Waals surface area (Å²) in [5.74, 6) is 1.71. The Labute approximate surface area is 140 Å². The van der Waals surface area contributed by atoms with Gasteiger partial charge >= 0.3 is 0 Å². The van der Waals surface area contributed by atoms with E-state index >= 15 is 0 Å². The number of hydrogen-bond acceptors (Lipinski definition) is 5. The topological polar surface area (TPSA) is 55.1 Å². The van der Waals surface area contributed by atoms with E-state index in [0.717, 1.165) is 22.5 Å². The molecule has 1 fully saturated rings. The summed E-state index contributed by atoms with van der Waals surface area (Å²) in [6.45, 7) is 3.59. The maximum Gasteiger partial charge on any atom is 0.134 e. The monoisotopic (exact) mass is 327 g/mol. The van der Waals surface area contributed by atoms with Gasteiger partial charge in [-0.05, 0) is 37.3 Å². The first-order chi connectivity index (χ1) is 11.7. The van der Waals surface area contributed by atoms with Crippen LogP contribution in [0.5, 0.6) is 5.75 Å².